The first-order valence-electron chi connectivity index (χ1n) is 7.00. The van der Waals surface area contributed by atoms with Crippen molar-refractivity contribution in [3.05, 3.63) is 69.2 Å². The number of nitro benzene ring substituents is 1. The molecule has 1 N–H and O–H groups in total. The molecule has 116 valence electrons. The Morgan fingerprint density at radius 1 is 1.17 bits per heavy atom. The third-order valence-electron chi connectivity index (χ3n) is 3.34. The van der Waals surface area contributed by atoms with E-state index in [-0.39, 0.29) is 5.69 Å². The van der Waals surface area contributed by atoms with Gasteiger partial charge in [-0.1, -0.05) is 41.7 Å². The van der Waals surface area contributed by atoms with Crippen molar-refractivity contribution in [2.45, 2.75) is 13.5 Å². The zero-order valence-electron chi connectivity index (χ0n) is 12.4. The maximum absolute atomic E-state index is 10.7. The summed E-state index contributed by atoms with van der Waals surface area (Å²) in [6, 6.07) is 14.7. The Morgan fingerprint density at radius 2 is 1.96 bits per heavy atom. The van der Waals surface area contributed by atoms with Crippen LogP contribution in [0.5, 0.6) is 0 Å². The molecule has 0 aliphatic rings. The van der Waals surface area contributed by atoms with Crippen LogP contribution < -0.4 is 5.32 Å². The average Bonchev–Trinajstić information content (AvgIpc) is 3.03. The summed E-state index contributed by atoms with van der Waals surface area (Å²) in [5.74, 6) is 0. The highest BCUT2D eigenvalue weighted by Crippen LogP contribution is 2.25. The zero-order valence-corrected chi connectivity index (χ0v) is 13.2. The molecule has 3 aromatic rings. The number of hydrogen-bond acceptors (Lipinski definition) is 6. The normalized spacial score (nSPS) is 10.5. The van der Waals surface area contributed by atoms with Crippen molar-refractivity contribution in [2.75, 3.05) is 5.32 Å². The minimum Gasteiger partial charge on any atom is -0.378 e. The second kappa shape index (κ2) is 6.53. The first-order valence-corrected chi connectivity index (χ1v) is 7.82. The molecule has 23 heavy (non-hydrogen) atoms. The maximum atomic E-state index is 10.7. The van der Waals surface area contributed by atoms with Crippen molar-refractivity contribution < 1.29 is 4.92 Å². The Hall–Kier alpha value is -2.80. The smallest absolute Gasteiger partial charge is 0.269 e. The Bertz CT molecular complexity index is 833. The van der Waals surface area contributed by atoms with Crippen LogP contribution in [0.15, 0.2) is 48.5 Å². The van der Waals surface area contributed by atoms with Crippen molar-refractivity contribution in [1.82, 2.24) is 10.2 Å². The van der Waals surface area contributed by atoms with Gasteiger partial charge in [-0.25, -0.2) is 0 Å². The first kappa shape index (κ1) is 15.1. The van der Waals surface area contributed by atoms with E-state index in [1.165, 1.54) is 17.4 Å². The van der Waals surface area contributed by atoms with E-state index in [1.807, 2.05) is 37.3 Å². The van der Waals surface area contributed by atoms with Gasteiger partial charge in [0.1, 0.15) is 10.0 Å². The number of hydrogen-bond donors (Lipinski definition) is 1. The van der Waals surface area contributed by atoms with Gasteiger partial charge in [-0.05, 0) is 18.6 Å². The second-order valence-corrected chi connectivity index (χ2v) is 6.04. The number of nitrogens with zero attached hydrogens (tertiary/aromatic N) is 3. The molecule has 0 bridgehead atoms. The number of non-ortho nitro benzene ring substituents is 1. The van der Waals surface area contributed by atoms with E-state index >= 15 is 0 Å². The fourth-order valence-corrected chi connectivity index (χ4v) is 2.94. The molecule has 3 rings (SSSR count). The van der Waals surface area contributed by atoms with Crippen LogP contribution in [0.2, 0.25) is 0 Å². The molecule has 0 saturated carbocycles. The number of nitro groups is 1. The highest BCUT2D eigenvalue weighted by atomic mass is 32.1. The topological polar surface area (TPSA) is 81.0 Å². The first-order chi connectivity index (χ1) is 11.1. The van der Waals surface area contributed by atoms with E-state index < -0.39 is 4.92 Å². The molecule has 0 amide bonds. The molecular formula is C16H14N4O2S. The van der Waals surface area contributed by atoms with Gasteiger partial charge in [0.2, 0.25) is 0 Å². The van der Waals surface area contributed by atoms with Crippen molar-refractivity contribution in [2.24, 2.45) is 0 Å². The Morgan fingerprint density at radius 3 is 2.65 bits per heavy atom. The van der Waals surface area contributed by atoms with Crippen LogP contribution in [0.1, 0.15) is 10.6 Å². The van der Waals surface area contributed by atoms with Crippen LogP contribution in [0, 0.1) is 17.0 Å². The highest BCUT2D eigenvalue weighted by Gasteiger charge is 2.09. The lowest BCUT2D eigenvalue weighted by molar-refractivity contribution is -0.384. The quantitative estimate of drug-likeness (QED) is 0.565. The molecule has 0 spiro atoms. The van der Waals surface area contributed by atoms with E-state index in [0.29, 0.717) is 6.54 Å². The van der Waals surface area contributed by atoms with Gasteiger partial charge in [0.15, 0.2) is 0 Å². The lowest BCUT2D eigenvalue weighted by atomic mass is 10.2. The van der Waals surface area contributed by atoms with Crippen molar-refractivity contribution in [1.29, 1.82) is 0 Å². The predicted octanol–water partition coefficient (Wildman–Crippen LogP) is 4.03. The van der Waals surface area contributed by atoms with Gasteiger partial charge in [-0.2, -0.15) is 0 Å². The van der Waals surface area contributed by atoms with E-state index in [1.54, 1.807) is 12.1 Å². The standard InChI is InChI=1S/C16H14N4O2S/c1-11-9-13(20(21)22)7-8-14(11)17-10-15-18-19-16(23-15)12-5-3-2-4-6-12/h2-9,17H,10H2,1H3. The van der Waals surface area contributed by atoms with Gasteiger partial charge in [0.05, 0.1) is 11.5 Å². The number of aryl methyl sites for hydroxylation is 1. The summed E-state index contributed by atoms with van der Waals surface area (Å²) >= 11 is 1.53. The Balaban J connectivity index is 1.70. The summed E-state index contributed by atoms with van der Waals surface area (Å²) in [6.07, 6.45) is 0. The molecule has 0 aliphatic carbocycles. The van der Waals surface area contributed by atoms with Gasteiger partial charge in [0, 0.05) is 23.4 Å². The number of nitrogens with one attached hydrogen (secondary N) is 1. The van der Waals surface area contributed by atoms with Crippen molar-refractivity contribution in [3.8, 4) is 10.6 Å². The summed E-state index contributed by atoms with van der Waals surface area (Å²) in [7, 11) is 0. The number of anilines is 1. The maximum Gasteiger partial charge on any atom is 0.269 e. The molecule has 7 heteroatoms. The SMILES string of the molecule is Cc1cc([N+](=O)[O-])ccc1NCc1nnc(-c2ccccc2)s1. The van der Waals surface area contributed by atoms with Gasteiger partial charge in [-0.3, -0.25) is 10.1 Å². The predicted molar refractivity (Wildman–Crippen MR) is 90.5 cm³/mol. The number of rotatable bonds is 5. The lowest BCUT2D eigenvalue weighted by Crippen LogP contribution is -2.01. The lowest BCUT2D eigenvalue weighted by Gasteiger charge is -2.07. The molecular weight excluding hydrogens is 312 g/mol. The summed E-state index contributed by atoms with van der Waals surface area (Å²) in [5, 5.41) is 24.1. The minimum absolute atomic E-state index is 0.0929. The van der Waals surface area contributed by atoms with E-state index in [4.69, 9.17) is 0 Å². The molecule has 1 heterocycles. The Labute approximate surface area is 137 Å². The third kappa shape index (κ3) is 3.51. The molecule has 0 aliphatic heterocycles. The van der Waals surface area contributed by atoms with Crippen LogP contribution in [-0.2, 0) is 6.54 Å². The molecule has 0 fully saturated rings. The molecule has 0 atom stereocenters. The van der Waals surface area contributed by atoms with Gasteiger partial charge >= 0.3 is 0 Å². The molecule has 1 aromatic heterocycles. The van der Waals surface area contributed by atoms with E-state index in [2.05, 4.69) is 15.5 Å². The molecule has 0 saturated heterocycles. The van der Waals surface area contributed by atoms with Crippen LogP contribution >= 0.6 is 11.3 Å². The van der Waals surface area contributed by atoms with Crippen LogP contribution in [0.3, 0.4) is 0 Å². The van der Waals surface area contributed by atoms with E-state index in [0.717, 1.165) is 26.8 Å². The van der Waals surface area contributed by atoms with E-state index in [9.17, 15) is 10.1 Å². The minimum atomic E-state index is -0.395. The fraction of sp³-hybridized carbons (Fsp3) is 0.125. The van der Waals surface area contributed by atoms with Crippen LogP contribution in [0.4, 0.5) is 11.4 Å². The second-order valence-electron chi connectivity index (χ2n) is 4.98. The summed E-state index contributed by atoms with van der Waals surface area (Å²) in [4.78, 5) is 10.4. The zero-order chi connectivity index (χ0) is 16.2. The molecule has 6 nitrogen and oxygen atoms in total. The molecule has 0 unspecified atom stereocenters. The van der Waals surface area contributed by atoms with Crippen molar-refractivity contribution >= 4 is 22.7 Å². The monoisotopic (exact) mass is 326 g/mol. The van der Waals surface area contributed by atoms with Gasteiger partial charge in [-0.15, -0.1) is 10.2 Å². The third-order valence-corrected chi connectivity index (χ3v) is 4.31. The highest BCUT2D eigenvalue weighted by molar-refractivity contribution is 7.14. The Kier molecular flexibility index (Phi) is 4.29. The molecule has 2 aromatic carbocycles. The summed E-state index contributed by atoms with van der Waals surface area (Å²) in [5.41, 5.74) is 2.82. The summed E-state index contributed by atoms with van der Waals surface area (Å²) in [6.45, 7) is 2.37. The number of benzene rings is 2. The average molecular weight is 326 g/mol. The molecule has 0 radical (unpaired) electrons. The largest absolute Gasteiger partial charge is 0.378 e. The van der Waals surface area contributed by atoms with Crippen molar-refractivity contribution in [3.63, 3.8) is 0 Å². The van der Waals surface area contributed by atoms with Gasteiger partial charge < -0.3 is 5.32 Å². The van der Waals surface area contributed by atoms with Gasteiger partial charge in [0.25, 0.3) is 5.69 Å². The summed E-state index contributed by atoms with van der Waals surface area (Å²) < 4.78 is 0. The van der Waals surface area contributed by atoms with Crippen LogP contribution in [-0.4, -0.2) is 15.1 Å². The number of aromatic nitrogens is 2. The fourth-order valence-electron chi connectivity index (χ4n) is 2.15. The van der Waals surface area contributed by atoms with Crippen LogP contribution in [0.25, 0.3) is 10.6 Å².